The van der Waals surface area contributed by atoms with Crippen molar-refractivity contribution in [3.05, 3.63) is 65.2 Å². The van der Waals surface area contributed by atoms with E-state index in [1.165, 1.54) is 0 Å². The van der Waals surface area contributed by atoms with Crippen molar-refractivity contribution < 1.29 is 18.3 Å². The zero-order chi connectivity index (χ0) is 14.5. The Hall–Kier alpha value is -2.23. The number of rotatable bonds is 5. The van der Waals surface area contributed by atoms with Crippen LogP contribution in [0.1, 0.15) is 22.3 Å². The first-order chi connectivity index (χ1) is 9.58. The van der Waals surface area contributed by atoms with E-state index in [0.29, 0.717) is 6.42 Å². The second-order valence-corrected chi connectivity index (χ2v) is 4.43. The van der Waals surface area contributed by atoms with E-state index >= 15 is 0 Å². The molecule has 0 heterocycles. The van der Waals surface area contributed by atoms with Gasteiger partial charge in [0.1, 0.15) is 17.4 Å². The molecule has 0 N–H and O–H groups in total. The number of aryl methyl sites for hydroxylation is 1. The second kappa shape index (κ2) is 6.28. The normalized spacial score (nSPS) is 10.3. The fourth-order valence-electron chi connectivity index (χ4n) is 1.91. The van der Waals surface area contributed by atoms with E-state index in [-0.39, 0.29) is 17.8 Å². The predicted molar refractivity (Wildman–Crippen MR) is 72.0 cm³/mol. The number of hydrogen-bond donors (Lipinski definition) is 0. The van der Waals surface area contributed by atoms with Gasteiger partial charge in [0.2, 0.25) is 0 Å². The van der Waals surface area contributed by atoms with Crippen LogP contribution in [0.2, 0.25) is 0 Å². The van der Waals surface area contributed by atoms with Crippen LogP contribution in [0, 0.1) is 11.6 Å². The van der Waals surface area contributed by atoms with Crippen LogP contribution in [-0.2, 0) is 6.42 Å². The van der Waals surface area contributed by atoms with Gasteiger partial charge in [-0.15, -0.1) is 0 Å². The first-order valence-electron chi connectivity index (χ1n) is 6.20. The van der Waals surface area contributed by atoms with Crippen LogP contribution >= 0.6 is 0 Å². The molecular weight excluding hydrogens is 262 g/mol. The van der Waals surface area contributed by atoms with Crippen LogP contribution in [0.25, 0.3) is 0 Å². The van der Waals surface area contributed by atoms with Crippen molar-refractivity contribution in [3.8, 4) is 5.75 Å². The Balaban J connectivity index is 2.00. The van der Waals surface area contributed by atoms with Gasteiger partial charge < -0.3 is 4.74 Å². The van der Waals surface area contributed by atoms with Crippen LogP contribution in [-0.4, -0.2) is 12.9 Å². The molecule has 2 nitrogen and oxygen atoms in total. The molecule has 4 heteroatoms. The summed E-state index contributed by atoms with van der Waals surface area (Å²) in [5.74, 6) is -1.01. The predicted octanol–water partition coefficient (Wildman–Crippen LogP) is 3.79. The quantitative estimate of drug-likeness (QED) is 0.777. The minimum Gasteiger partial charge on any atom is -0.497 e. The van der Waals surface area contributed by atoms with Crippen LogP contribution in [0.3, 0.4) is 0 Å². The highest BCUT2D eigenvalue weighted by Gasteiger charge is 2.09. The van der Waals surface area contributed by atoms with Gasteiger partial charge in [-0.05, 0) is 36.2 Å². The largest absolute Gasteiger partial charge is 0.497 e. The lowest BCUT2D eigenvalue weighted by molar-refractivity contribution is 0.0982. The van der Waals surface area contributed by atoms with Gasteiger partial charge in [-0.2, -0.15) is 0 Å². The number of hydrogen-bond acceptors (Lipinski definition) is 2. The van der Waals surface area contributed by atoms with E-state index in [4.69, 9.17) is 4.74 Å². The topological polar surface area (TPSA) is 26.3 Å². The molecule has 0 atom stereocenters. The summed E-state index contributed by atoms with van der Waals surface area (Å²) in [7, 11) is 1.58. The molecule has 0 saturated heterocycles. The fourth-order valence-corrected chi connectivity index (χ4v) is 1.91. The number of Topliss-reactive ketones (excluding diaryl/α,β-unsaturated/α-hetero) is 1. The Morgan fingerprint density at radius 1 is 1.05 bits per heavy atom. The summed E-state index contributed by atoms with van der Waals surface area (Å²) in [5.41, 5.74) is 1.03. The van der Waals surface area contributed by atoms with E-state index in [9.17, 15) is 13.6 Å². The van der Waals surface area contributed by atoms with Gasteiger partial charge in [-0.25, -0.2) is 8.78 Å². The second-order valence-electron chi connectivity index (χ2n) is 4.43. The molecule has 2 aromatic rings. The minimum absolute atomic E-state index is 0.0658. The zero-order valence-corrected chi connectivity index (χ0v) is 11.0. The lowest BCUT2D eigenvalue weighted by Crippen LogP contribution is -2.02. The molecule has 104 valence electrons. The van der Waals surface area contributed by atoms with Gasteiger partial charge in [-0.3, -0.25) is 4.79 Å². The Labute approximate surface area is 116 Å². The summed E-state index contributed by atoms with van der Waals surface area (Å²) in [6.45, 7) is 0. The molecule has 20 heavy (non-hydrogen) atoms. The van der Waals surface area contributed by atoms with Gasteiger partial charge in [0.15, 0.2) is 5.78 Å². The standard InChI is InChI=1S/C16H14F2O2/c1-20-15-5-2-11(3-6-15)4-7-16(19)12-8-13(17)10-14(18)9-12/h2-3,5-6,8-10H,4,7H2,1H3. The maximum Gasteiger partial charge on any atom is 0.163 e. The monoisotopic (exact) mass is 276 g/mol. The number of ether oxygens (including phenoxy) is 1. The third kappa shape index (κ3) is 3.63. The van der Waals surface area contributed by atoms with Gasteiger partial charge in [0.05, 0.1) is 7.11 Å². The van der Waals surface area contributed by atoms with Crippen molar-refractivity contribution >= 4 is 5.78 Å². The molecule has 0 saturated carbocycles. The molecule has 0 aromatic heterocycles. The van der Waals surface area contributed by atoms with Crippen molar-refractivity contribution in [2.45, 2.75) is 12.8 Å². The summed E-state index contributed by atoms with van der Waals surface area (Å²) in [5, 5.41) is 0. The number of carbonyl (C=O) groups is 1. The zero-order valence-electron chi connectivity index (χ0n) is 11.0. The molecule has 2 aromatic carbocycles. The SMILES string of the molecule is COc1ccc(CCC(=O)c2cc(F)cc(F)c2)cc1. The molecule has 0 aliphatic heterocycles. The molecule has 0 bridgehead atoms. The molecule has 0 spiro atoms. The molecule has 0 aliphatic rings. The Bertz CT molecular complexity index is 586. The number of halogens is 2. The Morgan fingerprint density at radius 2 is 1.65 bits per heavy atom. The van der Waals surface area contributed by atoms with Gasteiger partial charge in [-0.1, -0.05) is 12.1 Å². The Morgan fingerprint density at radius 3 is 2.20 bits per heavy atom. The average Bonchev–Trinajstić information content (AvgIpc) is 2.44. The van der Waals surface area contributed by atoms with Crippen molar-refractivity contribution in [2.24, 2.45) is 0 Å². The summed E-state index contributed by atoms with van der Waals surface area (Å²) in [4.78, 5) is 11.9. The lowest BCUT2D eigenvalue weighted by Gasteiger charge is -2.04. The van der Waals surface area contributed by atoms with Crippen molar-refractivity contribution in [1.29, 1.82) is 0 Å². The van der Waals surface area contributed by atoms with Gasteiger partial charge in [0, 0.05) is 18.1 Å². The van der Waals surface area contributed by atoms with E-state index in [2.05, 4.69) is 0 Å². The molecule has 0 aliphatic carbocycles. The van der Waals surface area contributed by atoms with Crippen molar-refractivity contribution in [2.75, 3.05) is 7.11 Å². The first kappa shape index (κ1) is 14.2. The Kier molecular flexibility index (Phi) is 4.45. The maximum absolute atomic E-state index is 13.0. The first-order valence-corrected chi connectivity index (χ1v) is 6.20. The number of carbonyl (C=O) groups excluding carboxylic acids is 1. The molecule has 2 rings (SSSR count). The van der Waals surface area contributed by atoms with E-state index in [1.807, 2.05) is 24.3 Å². The molecule has 0 radical (unpaired) electrons. The van der Waals surface area contributed by atoms with Gasteiger partial charge in [0.25, 0.3) is 0 Å². The summed E-state index contributed by atoms with van der Waals surface area (Å²) < 4.78 is 31.1. The van der Waals surface area contributed by atoms with Crippen molar-refractivity contribution in [1.82, 2.24) is 0 Å². The number of ketones is 1. The summed E-state index contributed by atoms with van der Waals surface area (Å²) in [6, 6.07) is 10.2. The number of benzene rings is 2. The molecular formula is C16H14F2O2. The average molecular weight is 276 g/mol. The van der Waals surface area contributed by atoms with Crippen molar-refractivity contribution in [3.63, 3.8) is 0 Å². The smallest absolute Gasteiger partial charge is 0.163 e. The highest BCUT2D eigenvalue weighted by molar-refractivity contribution is 5.96. The highest BCUT2D eigenvalue weighted by Crippen LogP contribution is 2.15. The highest BCUT2D eigenvalue weighted by atomic mass is 19.1. The van der Waals surface area contributed by atoms with E-state index in [1.54, 1.807) is 7.11 Å². The van der Waals surface area contributed by atoms with Crippen LogP contribution in [0.5, 0.6) is 5.75 Å². The van der Waals surface area contributed by atoms with Crippen LogP contribution in [0.4, 0.5) is 8.78 Å². The van der Waals surface area contributed by atoms with Gasteiger partial charge >= 0.3 is 0 Å². The maximum atomic E-state index is 13.0. The summed E-state index contributed by atoms with van der Waals surface area (Å²) in [6.07, 6.45) is 0.718. The minimum atomic E-state index is -0.738. The molecule has 0 unspecified atom stereocenters. The van der Waals surface area contributed by atoms with Crippen LogP contribution < -0.4 is 4.74 Å². The van der Waals surface area contributed by atoms with Crippen LogP contribution in [0.15, 0.2) is 42.5 Å². The fraction of sp³-hybridized carbons (Fsp3) is 0.188. The number of methoxy groups -OCH3 is 1. The molecule has 0 amide bonds. The third-order valence-electron chi connectivity index (χ3n) is 2.98. The lowest BCUT2D eigenvalue weighted by atomic mass is 10.0. The molecule has 0 fully saturated rings. The third-order valence-corrected chi connectivity index (χ3v) is 2.98. The summed E-state index contributed by atoms with van der Waals surface area (Å²) >= 11 is 0. The van der Waals surface area contributed by atoms with E-state index < -0.39 is 11.6 Å². The van der Waals surface area contributed by atoms with E-state index in [0.717, 1.165) is 29.5 Å².